The van der Waals surface area contributed by atoms with Crippen LogP contribution in [0.4, 0.5) is 0 Å². The molecule has 1 aromatic heterocycles. The first kappa shape index (κ1) is 17.0. The quantitative estimate of drug-likeness (QED) is 0.831. The molecule has 1 spiro atoms. The van der Waals surface area contributed by atoms with Crippen molar-refractivity contribution in [3.8, 4) is 0 Å². The van der Waals surface area contributed by atoms with E-state index in [1.54, 1.807) is 10.9 Å². The van der Waals surface area contributed by atoms with Crippen LogP contribution < -0.4 is 0 Å². The molecule has 136 valence electrons. The van der Waals surface area contributed by atoms with Crippen molar-refractivity contribution in [2.75, 3.05) is 26.2 Å². The number of hydrogen-bond donors (Lipinski definition) is 0. The molecule has 2 aliphatic heterocycles. The third-order valence-electron chi connectivity index (χ3n) is 6.32. The van der Waals surface area contributed by atoms with Crippen molar-refractivity contribution < 1.29 is 9.59 Å². The van der Waals surface area contributed by atoms with Crippen molar-refractivity contribution in [3.05, 3.63) is 16.6 Å². The van der Waals surface area contributed by atoms with E-state index in [2.05, 4.69) is 9.88 Å². The van der Waals surface area contributed by atoms with Crippen LogP contribution in [0.5, 0.6) is 0 Å². The lowest BCUT2D eigenvalue weighted by molar-refractivity contribution is -0.146. The van der Waals surface area contributed by atoms with Crippen LogP contribution in [-0.4, -0.2) is 52.8 Å². The molecule has 1 atom stereocenters. The molecule has 4 rings (SSSR count). The summed E-state index contributed by atoms with van der Waals surface area (Å²) in [6, 6.07) is 0. The average molecular weight is 362 g/mol. The Balaban J connectivity index is 1.42. The molecular formula is C19H27N3O2S. The standard InChI is InChI=1S/C19H27N3O2S/c23-17(16-12-25-14-20-16)22-10-8-19(13-22)7-4-9-21(18(19)24)11-15-5-2-1-3-6-15/h12,14-15H,1-11,13H2/t19-/m1/s1. The summed E-state index contributed by atoms with van der Waals surface area (Å²) < 4.78 is 0. The van der Waals surface area contributed by atoms with E-state index in [4.69, 9.17) is 0 Å². The van der Waals surface area contributed by atoms with Gasteiger partial charge in [0.25, 0.3) is 5.91 Å². The lowest BCUT2D eigenvalue weighted by Gasteiger charge is -2.41. The Morgan fingerprint density at radius 1 is 1.20 bits per heavy atom. The summed E-state index contributed by atoms with van der Waals surface area (Å²) in [4.78, 5) is 33.9. The second-order valence-corrected chi connectivity index (χ2v) is 8.71. The topological polar surface area (TPSA) is 53.5 Å². The van der Waals surface area contributed by atoms with E-state index in [-0.39, 0.29) is 11.3 Å². The molecule has 1 saturated carbocycles. The summed E-state index contributed by atoms with van der Waals surface area (Å²) in [5.41, 5.74) is 1.87. The number of thiazole rings is 1. The highest BCUT2D eigenvalue weighted by Gasteiger charge is 2.49. The molecule has 0 aromatic carbocycles. The highest BCUT2D eigenvalue weighted by molar-refractivity contribution is 7.07. The molecule has 5 nitrogen and oxygen atoms in total. The molecular weight excluding hydrogens is 334 g/mol. The van der Waals surface area contributed by atoms with Gasteiger partial charge in [-0.3, -0.25) is 9.59 Å². The molecule has 3 aliphatic rings. The smallest absolute Gasteiger partial charge is 0.273 e. The maximum Gasteiger partial charge on any atom is 0.273 e. The molecule has 1 aromatic rings. The van der Waals surface area contributed by atoms with Crippen LogP contribution in [-0.2, 0) is 4.79 Å². The van der Waals surface area contributed by atoms with Crippen LogP contribution in [0.25, 0.3) is 0 Å². The molecule has 1 aliphatic carbocycles. The predicted octanol–water partition coefficient (Wildman–Crippen LogP) is 3.18. The molecule has 0 bridgehead atoms. The summed E-state index contributed by atoms with van der Waals surface area (Å²) in [5, 5.41) is 1.80. The Hall–Kier alpha value is -1.43. The summed E-state index contributed by atoms with van der Waals surface area (Å²) >= 11 is 1.44. The van der Waals surface area contributed by atoms with E-state index in [1.807, 2.05) is 4.90 Å². The van der Waals surface area contributed by atoms with E-state index >= 15 is 0 Å². The molecule has 3 heterocycles. The van der Waals surface area contributed by atoms with Gasteiger partial charge < -0.3 is 9.80 Å². The first-order valence-electron chi connectivity index (χ1n) is 9.65. The summed E-state index contributed by atoms with van der Waals surface area (Å²) in [6.07, 6.45) is 9.31. The van der Waals surface area contributed by atoms with Gasteiger partial charge in [0.15, 0.2) is 0 Å². The van der Waals surface area contributed by atoms with Gasteiger partial charge in [-0.1, -0.05) is 19.3 Å². The van der Waals surface area contributed by atoms with Gasteiger partial charge in [0, 0.05) is 31.6 Å². The molecule has 25 heavy (non-hydrogen) atoms. The Labute approximate surface area is 153 Å². The van der Waals surface area contributed by atoms with Gasteiger partial charge in [-0.15, -0.1) is 11.3 Å². The van der Waals surface area contributed by atoms with Crippen LogP contribution in [0, 0.1) is 11.3 Å². The number of carbonyl (C=O) groups is 2. The van der Waals surface area contributed by atoms with Crippen molar-refractivity contribution in [1.29, 1.82) is 0 Å². The fourth-order valence-electron chi connectivity index (χ4n) is 4.91. The van der Waals surface area contributed by atoms with Crippen molar-refractivity contribution >= 4 is 23.2 Å². The Morgan fingerprint density at radius 3 is 2.80 bits per heavy atom. The second kappa shape index (κ2) is 7.06. The van der Waals surface area contributed by atoms with Crippen LogP contribution in [0.1, 0.15) is 61.9 Å². The number of hydrogen-bond acceptors (Lipinski definition) is 4. The Bertz CT molecular complexity index is 627. The first-order chi connectivity index (χ1) is 12.2. The van der Waals surface area contributed by atoms with Crippen molar-refractivity contribution in [2.24, 2.45) is 11.3 Å². The lowest BCUT2D eigenvalue weighted by atomic mass is 9.77. The van der Waals surface area contributed by atoms with Gasteiger partial charge in [0.05, 0.1) is 10.9 Å². The van der Waals surface area contributed by atoms with Crippen molar-refractivity contribution in [2.45, 2.75) is 51.4 Å². The summed E-state index contributed by atoms with van der Waals surface area (Å²) in [7, 11) is 0. The zero-order valence-corrected chi connectivity index (χ0v) is 15.6. The van der Waals surface area contributed by atoms with Gasteiger partial charge in [-0.25, -0.2) is 4.98 Å². The van der Waals surface area contributed by atoms with Crippen molar-refractivity contribution in [1.82, 2.24) is 14.8 Å². The fraction of sp³-hybridized carbons (Fsp3) is 0.737. The van der Waals surface area contributed by atoms with Gasteiger partial charge in [-0.2, -0.15) is 0 Å². The molecule has 0 N–H and O–H groups in total. The average Bonchev–Trinajstić information content (AvgIpc) is 3.31. The maximum absolute atomic E-state index is 13.3. The lowest BCUT2D eigenvalue weighted by Crippen LogP contribution is -2.51. The minimum Gasteiger partial charge on any atom is -0.342 e. The zero-order valence-electron chi connectivity index (χ0n) is 14.8. The zero-order chi connectivity index (χ0) is 17.3. The normalized spacial score (nSPS) is 28.1. The number of piperidine rings is 1. The molecule has 6 heteroatoms. The maximum atomic E-state index is 13.3. The first-order valence-corrected chi connectivity index (χ1v) is 10.6. The van der Waals surface area contributed by atoms with Crippen LogP contribution in [0.15, 0.2) is 10.9 Å². The number of amides is 2. The highest BCUT2D eigenvalue weighted by Crippen LogP contribution is 2.41. The summed E-state index contributed by atoms with van der Waals surface area (Å²) in [6.45, 7) is 3.08. The third kappa shape index (κ3) is 3.33. The highest BCUT2D eigenvalue weighted by atomic mass is 32.1. The number of rotatable bonds is 3. The molecule has 0 radical (unpaired) electrons. The number of carbonyl (C=O) groups excluding carboxylic acids is 2. The molecule has 3 fully saturated rings. The van der Waals surface area contributed by atoms with Crippen LogP contribution >= 0.6 is 11.3 Å². The number of nitrogens with zero attached hydrogens (tertiary/aromatic N) is 3. The van der Waals surface area contributed by atoms with Crippen LogP contribution in [0.3, 0.4) is 0 Å². The van der Waals surface area contributed by atoms with E-state index < -0.39 is 0 Å². The predicted molar refractivity (Wildman–Crippen MR) is 97.5 cm³/mol. The number of likely N-dealkylation sites (tertiary alicyclic amines) is 2. The Kier molecular flexibility index (Phi) is 4.80. The largest absolute Gasteiger partial charge is 0.342 e. The second-order valence-electron chi connectivity index (χ2n) is 7.99. The SMILES string of the molecule is O=C(c1cscn1)N1CC[C@]2(CCCN(CC3CCCCC3)C2=O)C1. The monoisotopic (exact) mass is 361 g/mol. The van der Waals surface area contributed by atoms with E-state index in [1.165, 1.54) is 43.4 Å². The minimum absolute atomic E-state index is 0.0182. The van der Waals surface area contributed by atoms with Gasteiger partial charge in [-0.05, 0) is 38.0 Å². The molecule has 2 saturated heterocycles. The third-order valence-corrected chi connectivity index (χ3v) is 6.91. The van der Waals surface area contributed by atoms with Gasteiger partial charge >= 0.3 is 0 Å². The van der Waals surface area contributed by atoms with E-state index in [9.17, 15) is 9.59 Å². The van der Waals surface area contributed by atoms with E-state index in [0.717, 1.165) is 32.4 Å². The van der Waals surface area contributed by atoms with Gasteiger partial charge in [0.1, 0.15) is 5.69 Å². The van der Waals surface area contributed by atoms with Crippen molar-refractivity contribution in [3.63, 3.8) is 0 Å². The minimum atomic E-state index is -0.335. The summed E-state index contributed by atoms with van der Waals surface area (Å²) in [5.74, 6) is 0.968. The van der Waals surface area contributed by atoms with E-state index in [0.29, 0.717) is 30.6 Å². The Morgan fingerprint density at radius 2 is 2.04 bits per heavy atom. The van der Waals surface area contributed by atoms with Gasteiger partial charge in [0.2, 0.25) is 5.91 Å². The fourth-order valence-corrected chi connectivity index (χ4v) is 5.44. The van der Waals surface area contributed by atoms with Crippen LogP contribution in [0.2, 0.25) is 0 Å². The molecule has 0 unspecified atom stereocenters. The molecule has 2 amide bonds. The number of aromatic nitrogens is 1.